The van der Waals surface area contributed by atoms with Gasteiger partial charge < -0.3 is 19.6 Å². The minimum Gasteiger partial charge on any atom is -0.508 e. The van der Waals surface area contributed by atoms with Crippen molar-refractivity contribution in [2.24, 2.45) is 0 Å². The van der Waals surface area contributed by atoms with E-state index in [0.717, 1.165) is 5.56 Å². The molecule has 2 rings (SSSR count). The maximum Gasteiger partial charge on any atom is 0.257 e. The maximum atomic E-state index is 11.6. The quantitative estimate of drug-likeness (QED) is 0.842. The predicted octanol–water partition coefficient (Wildman–Crippen LogP) is 1.39. The zero-order valence-electron chi connectivity index (χ0n) is 12.2. The van der Waals surface area contributed by atoms with Crippen LogP contribution in [-0.2, 0) is 11.2 Å². The SMILES string of the molecule is Cc1cc(=O)c(OCC(=O)NCCc2ccc(O)cc2)co1. The second-order valence-electron chi connectivity index (χ2n) is 4.77. The van der Waals surface area contributed by atoms with Gasteiger partial charge in [-0.2, -0.15) is 0 Å². The molecule has 0 aliphatic heterocycles. The summed E-state index contributed by atoms with van der Waals surface area (Å²) in [5.74, 6) is 0.381. The molecule has 0 aliphatic carbocycles. The molecule has 1 amide bonds. The summed E-state index contributed by atoms with van der Waals surface area (Å²) >= 11 is 0. The number of phenolic OH excluding ortho intramolecular Hbond substituents is 1. The monoisotopic (exact) mass is 303 g/mol. The van der Waals surface area contributed by atoms with E-state index in [2.05, 4.69) is 5.32 Å². The summed E-state index contributed by atoms with van der Waals surface area (Å²) in [5.41, 5.74) is 0.679. The molecular weight excluding hydrogens is 286 g/mol. The maximum absolute atomic E-state index is 11.6. The first-order valence-electron chi connectivity index (χ1n) is 6.81. The van der Waals surface area contributed by atoms with Crippen LogP contribution in [0.3, 0.4) is 0 Å². The van der Waals surface area contributed by atoms with Crippen LogP contribution in [0.25, 0.3) is 0 Å². The molecule has 1 heterocycles. The number of hydrogen-bond donors (Lipinski definition) is 2. The lowest BCUT2D eigenvalue weighted by atomic mass is 10.1. The first-order chi connectivity index (χ1) is 10.5. The van der Waals surface area contributed by atoms with E-state index in [1.165, 1.54) is 12.3 Å². The van der Waals surface area contributed by atoms with Gasteiger partial charge in [-0.1, -0.05) is 12.1 Å². The van der Waals surface area contributed by atoms with Crippen molar-refractivity contribution in [3.05, 3.63) is 58.1 Å². The topological polar surface area (TPSA) is 88.8 Å². The van der Waals surface area contributed by atoms with Crippen LogP contribution in [0.2, 0.25) is 0 Å². The number of ether oxygens (including phenoxy) is 1. The van der Waals surface area contributed by atoms with Gasteiger partial charge in [-0.25, -0.2) is 0 Å². The van der Waals surface area contributed by atoms with Crippen molar-refractivity contribution in [2.45, 2.75) is 13.3 Å². The molecular formula is C16H17NO5. The Morgan fingerprint density at radius 2 is 2.05 bits per heavy atom. The van der Waals surface area contributed by atoms with Crippen LogP contribution < -0.4 is 15.5 Å². The van der Waals surface area contributed by atoms with Crippen molar-refractivity contribution in [1.29, 1.82) is 0 Å². The molecule has 116 valence electrons. The van der Waals surface area contributed by atoms with Crippen molar-refractivity contribution < 1.29 is 19.1 Å². The average molecular weight is 303 g/mol. The number of benzene rings is 1. The molecule has 0 atom stereocenters. The first-order valence-corrected chi connectivity index (χ1v) is 6.81. The lowest BCUT2D eigenvalue weighted by molar-refractivity contribution is -0.123. The van der Waals surface area contributed by atoms with E-state index in [9.17, 15) is 9.59 Å². The molecule has 6 heteroatoms. The van der Waals surface area contributed by atoms with Crippen LogP contribution in [-0.4, -0.2) is 24.2 Å². The van der Waals surface area contributed by atoms with Crippen molar-refractivity contribution in [2.75, 3.05) is 13.2 Å². The molecule has 6 nitrogen and oxygen atoms in total. The molecule has 0 saturated carbocycles. The Bertz CT molecular complexity index is 690. The second-order valence-corrected chi connectivity index (χ2v) is 4.77. The number of amides is 1. The second kappa shape index (κ2) is 7.31. The van der Waals surface area contributed by atoms with E-state index >= 15 is 0 Å². The molecule has 22 heavy (non-hydrogen) atoms. The number of phenols is 1. The zero-order valence-corrected chi connectivity index (χ0v) is 12.2. The Labute approximate surface area is 127 Å². The molecule has 0 saturated heterocycles. The van der Waals surface area contributed by atoms with Crippen LogP contribution in [0.4, 0.5) is 0 Å². The highest BCUT2D eigenvalue weighted by Crippen LogP contribution is 2.09. The van der Waals surface area contributed by atoms with Crippen molar-refractivity contribution in [3.63, 3.8) is 0 Å². The lowest BCUT2D eigenvalue weighted by Gasteiger charge is -2.07. The highest BCUT2D eigenvalue weighted by atomic mass is 16.5. The summed E-state index contributed by atoms with van der Waals surface area (Å²) in [5, 5.41) is 11.9. The van der Waals surface area contributed by atoms with Gasteiger partial charge in [0.15, 0.2) is 6.61 Å². The van der Waals surface area contributed by atoms with Gasteiger partial charge in [0, 0.05) is 12.6 Å². The standard InChI is InChI=1S/C16H17NO5/c1-11-8-14(19)15(9-21-11)22-10-16(20)17-7-6-12-2-4-13(18)5-3-12/h2-5,8-9,18H,6-7,10H2,1H3,(H,17,20). The number of carbonyl (C=O) groups excluding carboxylic acids is 1. The molecule has 0 bridgehead atoms. The highest BCUT2D eigenvalue weighted by Gasteiger charge is 2.06. The molecule has 0 fully saturated rings. The number of hydrogen-bond acceptors (Lipinski definition) is 5. The number of carbonyl (C=O) groups is 1. The van der Waals surface area contributed by atoms with E-state index in [0.29, 0.717) is 18.7 Å². The van der Waals surface area contributed by atoms with Crippen LogP contribution in [0.1, 0.15) is 11.3 Å². The molecule has 0 radical (unpaired) electrons. The van der Waals surface area contributed by atoms with E-state index in [1.807, 2.05) is 0 Å². The zero-order chi connectivity index (χ0) is 15.9. The highest BCUT2D eigenvalue weighted by molar-refractivity contribution is 5.77. The van der Waals surface area contributed by atoms with Crippen molar-refractivity contribution in [3.8, 4) is 11.5 Å². The summed E-state index contributed by atoms with van der Waals surface area (Å²) in [6, 6.07) is 8.07. The Kier molecular flexibility index (Phi) is 5.19. The summed E-state index contributed by atoms with van der Waals surface area (Å²) in [7, 11) is 0. The van der Waals surface area contributed by atoms with Gasteiger partial charge in [0.25, 0.3) is 5.91 Å². The summed E-state index contributed by atoms with van der Waals surface area (Å²) in [6.45, 7) is 1.85. The van der Waals surface area contributed by atoms with Gasteiger partial charge in [0.05, 0.1) is 0 Å². The van der Waals surface area contributed by atoms with Crippen molar-refractivity contribution in [1.82, 2.24) is 5.32 Å². The van der Waals surface area contributed by atoms with Gasteiger partial charge in [-0.05, 0) is 31.0 Å². The molecule has 2 N–H and O–H groups in total. The fourth-order valence-electron chi connectivity index (χ4n) is 1.80. The molecule has 2 aromatic rings. The minimum absolute atomic E-state index is 0.0132. The third-order valence-corrected chi connectivity index (χ3v) is 2.96. The fourth-order valence-corrected chi connectivity index (χ4v) is 1.80. The van der Waals surface area contributed by atoms with Gasteiger partial charge in [0.2, 0.25) is 11.2 Å². The van der Waals surface area contributed by atoms with E-state index in [4.69, 9.17) is 14.3 Å². The summed E-state index contributed by atoms with van der Waals surface area (Å²) in [6.07, 6.45) is 1.83. The largest absolute Gasteiger partial charge is 0.508 e. The molecule has 0 unspecified atom stereocenters. The van der Waals surface area contributed by atoms with Crippen LogP contribution >= 0.6 is 0 Å². The van der Waals surface area contributed by atoms with E-state index in [-0.39, 0.29) is 29.4 Å². The Hall–Kier alpha value is -2.76. The van der Waals surface area contributed by atoms with Crippen molar-refractivity contribution >= 4 is 5.91 Å². The van der Waals surface area contributed by atoms with E-state index < -0.39 is 0 Å². The van der Waals surface area contributed by atoms with Gasteiger partial charge in [-0.3, -0.25) is 9.59 Å². The Morgan fingerprint density at radius 1 is 1.32 bits per heavy atom. The molecule has 1 aromatic carbocycles. The summed E-state index contributed by atoms with van der Waals surface area (Å²) < 4.78 is 10.2. The van der Waals surface area contributed by atoms with Gasteiger partial charge in [0.1, 0.15) is 17.8 Å². The molecule has 1 aromatic heterocycles. The van der Waals surface area contributed by atoms with Gasteiger partial charge >= 0.3 is 0 Å². The number of aromatic hydroxyl groups is 1. The van der Waals surface area contributed by atoms with Gasteiger partial charge in [-0.15, -0.1) is 0 Å². The number of aryl methyl sites for hydroxylation is 1. The fraction of sp³-hybridized carbons (Fsp3) is 0.250. The minimum atomic E-state index is -0.321. The molecule has 0 aliphatic rings. The first kappa shape index (κ1) is 15.6. The lowest BCUT2D eigenvalue weighted by Crippen LogP contribution is -2.31. The smallest absolute Gasteiger partial charge is 0.257 e. The summed E-state index contributed by atoms with van der Waals surface area (Å²) in [4.78, 5) is 23.2. The Balaban J connectivity index is 1.74. The number of nitrogens with one attached hydrogen (secondary N) is 1. The van der Waals surface area contributed by atoms with E-state index in [1.54, 1.807) is 31.2 Å². The average Bonchev–Trinajstić information content (AvgIpc) is 2.48. The van der Waals surface area contributed by atoms with Crippen LogP contribution in [0.5, 0.6) is 11.5 Å². The van der Waals surface area contributed by atoms with Crippen LogP contribution in [0.15, 0.2) is 45.8 Å². The number of rotatable bonds is 6. The Morgan fingerprint density at radius 3 is 2.73 bits per heavy atom. The normalized spacial score (nSPS) is 10.2. The predicted molar refractivity (Wildman–Crippen MR) is 80.0 cm³/mol. The third kappa shape index (κ3) is 4.66. The molecule has 0 spiro atoms. The third-order valence-electron chi connectivity index (χ3n) is 2.96. The van der Waals surface area contributed by atoms with Crippen LogP contribution in [0, 0.1) is 6.92 Å².